The average Bonchev–Trinajstić information content (AvgIpc) is 3.04. The summed E-state index contributed by atoms with van der Waals surface area (Å²) in [6, 6.07) is 10.3. The van der Waals surface area contributed by atoms with Crippen molar-refractivity contribution in [3.05, 3.63) is 54.0 Å². The number of rotatable bonds is 6. The van der Waals surface area contributed by atoms with Crippen LogP contribution in [0.2, 0.25) is 0 Å². The largest absolute Gasteiger partial charge is 0.366 e. The zero-order valence-electron chi connectivity index (χ0n) is 12.7. The lowest BCUT2D eigenvalue weighted by atomic mass is 10.2. The number of pyridine rings is 1. The molecule has 0 unspecified atom stereocenters. The standard InChI is InChI=1S/C16H17FN6/c1-2-18-16-21-15(22-23-16)11-7-8-19-14(9-11)20-10-12-5-3-4-6-13(12)17/h3-9H,2,10H2,1H3,(H,19,20)(H2,18,21,22,23). The van der Waals surface area contributed by atoms with Crippen molar-refractivity contribution in [2.24, 2.45) is 0 Å². The van der Waals surface area contributed by atoms with E-state index in [0.717, 1.165) is 12.1 Å². The van der Waals surface area contributed by atoms with Crippen molar-refractivity contribution >= 4 is 11.8 Å². The molecule has 0 aliphatic carbocycles. The van der Waals surface area contributed by atoms with E-state index < -0.39 is 0 Å². The molecule has 2 aromatic heterocycles. The van der Waals surface area contributed by atoms with Crippen LogP contribution in [0.25, 0.3) is 11.4 Å². The highest BCUT2D eigenvalue weighted by atomic mass is 19.1. The molecule has 23 heavy (non-hydrogen) atoms. The molecule has 6 nitrogen and oxygen atoms in total. The molecule has 0 amide bonds. The van der Waals surface area contributed by atoms with Crippen LogP contribution < -0.4 is 10.6 Å². The lowest BCUT2D eigenvalue weighted by Crippen LogP contribution is -2.03. The van der Waals surface area contributed by atoms with Crippen molar-refractivity contribution < 1.29 is 4.39 Å². The second kappa shape index (κ2) is 6.87. The van der Waals surface area contributed by atoms with Crippen LogP contribution >= 0.6 is 0 Å². The Morgan fingerprint density at radius 3 is 2.87 bits per heavy atom. The maximum Gasteiger partial charge on any atom is 0.242 e. The van der Waals surface area contributed by atoms with Gasteiger partial charge < -0.3 is 10.6 Å². The summed E-state index contributed by atoms with van der Waals surface area (Å²) in [6.45, 7) is 3.10. The minimum atomic E-state index is -0.235. The molecule has 0 aliphatic heterocycles. The smallest absolute Gasteiger partial charge is 0.242 e. The van der Waals surface area contributed by atoms with Crippen molar-refractivity contribution in [3.8, 4) is 11.4 Å². The number of benzene rings is 1. The van der Waals surface area contributed by atoms with E-state index in [9.17, 15) is 4.39 Å². The van der Waals surface area contributed by atoms with Gasteiger partial charge in [0.1, 0.15) is 11.6 Å². The van der Waals surface area contributed by atoms with Gasteiger partial charge in [0.25, 0.3) is 0 Å². The number of anilines is 2. The maximum atomic E-state index is 13.6. The third kappa shape index (κ3) is 3.63. The molecule has 0 aliphatic rings. The number of H-pyrrole nitrogens is 1. The van der Waals surface area contributed by atoms with E-state index in [0.29, 0.717) is 29.7 Å². The summed E-state index contributed by atoms with van der Waals surface area (Å²) in [6.07, 6.45) is 1.68. The van der Waals surface area contributed by atoms with Crippen LogP contribution in [0, 0.1) is 5.82 Å². The Morgan fingerprint density at radius 1 is 1.17 bits per heavy atom. The number of halogens is 1. The molecule has 3 N–H and O–H groups in total. The summed E-state index contributed by atoms with van der Waals surface area (Å²) in [5, 5.41) is 13.1. The van der Waals surface area contributed by atoms with Crippen LogP contribution in [0.15, 0.2) is 42.6 Å². The molecule has 0 spiro atoms. The van der Waals surface area contributed by atoms with E-state index in [4.69, 9.17) is 0 Å². The number of hydrogen-bond acceptors (Lipinski definition) is 5. The van der Waals surface area contributed by atoms with Crippen molar-refractivity contribution in [1.82, 2.24) is 20.2 Å². The highest BCUT2D eigenvalue weighted by molar-refractivity contribution is 5.60. The van der Waals surface area contributed by atoms with E-state index in [2.05, 4.69) is 30.8 Å². The monoisotopic (exact) mass is 312 g/mol. The van der Waals surface area contributed by atoms with Crippen LogP contribution in [0.1, 0.15) is 12.5 Å². The predicted molar refractivity (Wildman–Crippen MR) is 87.5 cm³/mol. The van der Waals surface area contributed by atoms with Crippen molar-refractivity contribution in [3.63, 3.8) is 0 Å². The fraction of sp³-hybridized carbons (Fsp3) is 0.188. The molecular formula is C16H17FN6. The summed E-state index contributed by atoms with van der Waals surface area (Å²) >= 11 is 0. The molecule has 3 rings (SSSR count). The molecular weight excluding hydrogens is 295 g/mol. The molecule has 0 bridgehead atoms. The van der Waals surface area contributed by atoms with E-state index >= 15 is 0 Å². The molecule has 7 heteroatoms. The van der Waals surface area contributed by atoms with Gasteiger partial charge in [0, 0.05) is 30.4 Å². The number of nitrogens with one attached hydrogen (secondary N) is 3. The molecule has 2 heterocycles. The van der Waals surface area contributed by atoms with Crippen molar-refractivity contribution in [2.75, 3.05) is 17.2 Å². The van der Waals surface area contributed by atoms with Gasteiger partial charge in [-0.25, -0.2) is 9.37 Å². The van der Waals surface area contributed by atoms with Gasteiger partial charge in [-0.1, -0.05) is 18.2 Å². The van der Waals surface area contributed by atoms with Gasteiger partial charge >= 0.3 is 0 Å². The maximum absolute atomic E-state index is 13.6. The summed E-state index contributed by atoms with van der Waals surface area (Å²) in [7, 11) is 0. The molecule has 0 saturated carbocycles. The highest BCUT2D eigenvalue weighted by Gasteiger charge is 2.07. The Labute approximate surface area is 133 Å². The quantitative estimate of drug-likeness (QED) is 0.652. The summed E-state index contributed by atoms with van der Waals surface area (Å²) in [5.74, 6) is 1.62. The fourth-order valence-electron chi connectivity index (χ4n) is 2.13. The van der Waals surface area contributed by atoms with Crippen LogP contribution in [0.5, 0.6) is 0 Å². The van der Waals surface area contributed by atoms with Crippen molar-refractivity contribution in [2.45, 2.75) is 13.5 Å². The van der Waals surface area contributed by atoms with Gasteiger partial charge in [0.2, 0.25) is 5.95 Å². The van der Waals surface area contributed by atoms with Crippen LogP contribution in [0.4, 0.5) is 16.2 Å². The Bertz CT molecular complexity index is 786. The van der Waals surface area contributed by atoms with Gasteiger partial charge in [-0.15, -0.1) is 5.10 Å². The predicted octanol–water partition coefficient (Wildman–Crippen LogP) is 3.05. The summed E-state index contributed by atoms with van der Waals surface area (Å²) in [4.78, 5) is 8.59. The molecule has 0 saturated heterocycles. The van der Waals surface area contributed by atoms with Gasteiger partial charge in [0.15, 0.2) is 5.82 Å². The van der Waals surface area contributed by atoms with E-state index in [1.54, 1.807) is 24.4 Å². The zero-order valence-corrected chi connectivity index (χ0v) is 12.7. The van der Waals surface area contributed by atoms with E-state index in [1.807, 2.05) is 19.1 Å². The zero-order chi connectivity index (χ0) is 16.1. The third-order valence-corrected chi connectivity index (χ3v) is 3.27. The Kier molecular flexibility index (Phi) is 4.46. The molecule has 118 valence electrons. The van der Waals surface area contributed by atoms with Gasteiger partial charge in [-0.2, -0.15) is 4.98 Å². The van der Waals surface area contributed by atoms with Gasteiger partial charge in [-0.05, 0) is 25.1 Å². The molecule has 0 fully saturated rings. The highest BCUT2D eigenvalue weighted by Crippen LogP contribution is 2.19. The first-order valence-electron chi connectivity index (χ1n) is 7.36. The molecule has 1 aromatic carbocycles. The topological polar surface area (TPSA) is 78.5 Å². The van der Waals surface area contributed by atoms with Gasteiger partial charge in [0.05, 0.1) is 0 Å². The summed E-state index contributed by atoms with van der Waals surface area (Å²) in [5.41, 5.74) is 1.45. The first kappa shape index (κ1) is 15.0. The first-order chi connectivity index (χ1) is 11.3. The number of nitrogens with zero attached hydrogens (tertiary/aromatic N) is 3. The van der Waals surface area contributed by atoms with Gasteiger partial charge in [-0.3, -0.25) is 5.10 Å². The van der Waals surface area contributed by atoms with E-state index in [-0.39, 0.29) is 5.82 Å². The van der Waals surface area contributed by atoms with Crippen LogP contribution in [-0.4, -0.2) is 26.7 Å². The second-order valence-corrected chi connectivity index (χ2v) is 4.91. The Hall–Kier alpha value is -2.96. The lowest BCUT2D eigenvalue weighted by molar-refractivity contribution is 0.613. The minimum Gasteiger partial charge on any atom is -0.366 e. The van der Waals surface area contributed by atoms with Crippen LogP contribution in [-0.2, 0) is 6.54 Å². The third-order valence-electron chi connectivity index (χ3n) is 3.27. The SMILES string of the molecule is CCNc1n[nH]c(-c2ccnc(NCc3ccccc3F)c2)n1. The van der Waals surface area contributed by atoms with Crippen molar-refractivity contribution in [1.29, 1.82) is 0 Å². The molecule has 3 aromatic rings. The Balaban J connectivity index is 1.73. The number of aromatic amines is 1. The first-order valence-corrected chi connectivity index (χ1v) is 7.36. The lowest BCUT2D eigenvalue weighted by Gasteiger charge is -2.07. The average molecular weight is 312 g/mol. The second-order valence-electron chi connectivity index (χ2n) is 4.91. The van der Waals surface area contributed by atoms with Crippen LogP contribution in [0.3, 0.4) is 0 Å². The summed E-state index contributed by atoms with van der Waals surface area (Å²) < 4.78 is 13.6. The normalized spacial score (nSPS) is 10.5. The number of aromatic nitrogens is 4. The Morgan fingerprint density at radius 2 is 2.04 bits per heavy atom. The fourth-order valence-corrected chi connectivity index (χ4v) is 2.13. The minimum absolute atomic E-state index is 0.235. The van der Waals surface area contributed by atoms with E-state index in [1.165, 1.54) is 6.07 Å². The number of hydrogen-bond donors (Lipinski definition) is 3. The molecule has 0 radical (unpaired) electrons. The molecule has 0 atom stereocenters.